The summed E-state index contributed by atoms with van der Waals surface area (Å²) in [6.45, 7) is 1.11. The zero-order chi connectivity index (χ0) is 14.7. The molecule has 2 aromatic rings. The van der Waals surface area contributed by atoms with Gasteiger partial charge in [0, 0.05) is 10.6 Å². The second kappa shape index (κ2) is 7.58. The molecule has 0 bridgehead atoms. The molecule has 0 saturated carbocycles. The minimum atomic E-state index is -0.111. The third kappa shape index (κ3) is 3.97. The smallest absolute Gasteiger partial charge is 0.246 e. The third-order valence-electron chi connectivity index (χ3n) is 3.34. The van der Waals surface area contributed by atoms with Gasteiger partial charge >= 0.3 is 0 Å². The zero-order valence-corrected chi connectivity index (χ0v) is 13.3. The number of nitrogens with zero attached hydrogens (tertiary/aromatic N) is 2. The molecule has 1 atom stereocenters. The molecule has 22 heavy (non-hydrogen) atoms. The van der Waals surface area contributed by atoms with Gasteiger partial charge in [0.15, 0.2) is 0 Å². The summed E-state index contributed by atoms with van der Waals surface area (Å²) in [4.78, 5) is 16.1. The van der Waals surface area contributed by atoms with Crippen LogP contribution in [-0.4, -0.2) is 28.6 Å². The number of halogens is 2. The molecule has 1 fully saturated rings. The molecule has 2 N–H and O–H groups in total. The Hall–Kier alpha value is -1.63. The Morgan fingerprint density at radius 1 is 1.50 bits per heavy atom. The largest absolute Gasteiger partial charge is 0.346 e. The fraction of sp³-hybridized carbons (Fsp3) is 0.357. The third-order valence-corrected chi connectivity index (χ3v) is 3.58. The molecule has 1 amide bonds. The fourth-order valence-electron chi connectivity index (χ4n) is 2.27. The molecule has 3 rings (SSSR count). The predicted octanol–water partition coefficient (Wildman–Crippen LogP) is 2.18. The van der Waals surface area contributed by atoms with Crippen LogP contribution in [0.3, 0.4) is 0 Å². The van der Waals surface area contributed by atoms with E-state index in [1.54, 1.807) is 12.1 Å². The van der Waals surface area contributed by atoms with E-state index in [0.717, 1.165) is 24.9 Å². The van der Waals surface area contributed by atoms with E-state index in [-0.39, 0.29) is 30.9 Å². The van der Waals surface area contributed by atoms with E-state index in [1.165, 1.54) is 0 Å². The van der Waals surface area contributed by atoms with E-state index < -0.39 is 0 Å². The molecule has 1 aromatic heterocycles. The van der Waals surface area contributed by atoms with Gasteiger partial charge in [-0.25, -0.2) is 0 Å². The average Bonchev–Trinajstić information content (AvgIpc) is 3.16. The number of hydrogen-bond acceptors (Lipinski definition) is 5. The Morgan fingerprint density at radius 2 is 2.36 bits per heavy atom. The summed E-state index contributed by atoms with van der Waals surface area (Å²) in [5, 5.41) is 10.4. The number of benzene rings is 1. The van der Waals surface area contributed by atoms with E-state index in [1.807, 2.05) is 12.1 Å². The molecule has 1 aromatic carbocycles. The summed E-state index contributed by atoms with van der Waals surface area (Å²) in [6.07, 6.45) is 1.89. The van der Waals surface area contributed by atoms with Gasteiger partial charge in [-0.05, 0) is 31.5 Å². The number of hydrogen-bond donors (Lipinski definition) is 2. The van der Waals surface area contributed by atoms with Crippen LogP contribution in [0, 0.1) is 0 Å². The van der Waals surface area contributed by atoms with Crippen molar-refractivity contribution >= 4 is 29.9 Å². The highest BCUT2D eigenvalue weighted by Gasteiger charge is 2.22. The van der Waals surface area contributed by atoms with Crippen molar-refractivity contribution in [1.29, 1.82) is 0 Å². The van der Waals surface area contributed by atoms with Crippen LogP contribution in [0.15, 0.2) is 28.8 Å². The number of carbonyl (C=O) groups excluding carboxylic acids is 1. The van der Waals surface area contributed by atoms with Gasteiger partial charge in [0.2, 0.25) is 17.6 Å². The lowest BCUT2D eigenvalue weighted by Crippen LogP contribution is -2.40. The van der Waals surface area contributed by atoms with E-state index in [0.29, 0.717) is 16.7 Å². The summed E-state index contributed by atoms with van der Waals surface area (Å²) in [5.74, 6) is 0.798. The second-order valence-electron chi connectivity index (χ2n) is 4.89. The molecular weight excluding hydrogens is 327 g/mol. The fourth-order valence-corrected chi connectivity index (χ4v) is 2.46. The normalized spacial score (nSPS) is 17.0. The van der Waals surface area contributed by atoms with E-state index in [2.05, 4.69) is 20.8 Å². The van der Waals surface area contributed by atoms with Gasteiger partial charge < -0.3 is 15.2 Å². The van der Waals surface area contributed by atoms with Crippen LogP contribution in [0.25, 0.3) is 11.4 Å². The van der Waals surface area contributed by atoms with Crippen LogP contribution in [0.1, 0.15) is 18.7 Å². The molecule has 8 heteroatoms. The number of aromatic nitrogens is 2. The zero-order valence-electron chi connectivity index (χ0n) is 11.7. The number of nitrogens with one attached hydrogen (secondary N) is 2. The first-order valence-corrected chi connectivity index (χ1v) is 7.20. The average molecular weight is 343 g/mol. The molecular formula is C14H16Cl2N4O2. The van der Waals surface area contributed by atoms with Gasteiger partial charge in [-0.15, -0.1) is 12.4 Å². The highest BCUT2D eigenvalue weighted by atomic mass is 35.5. The van der Waals surface area contributed by atoms with Crippen molar-refractivity contribution in [2.24, 2.45) is 0 Å². The van der Waals surface area contributed by atoms with Crippen LogP contribution in [0.4, 0.5) is 0 Å². The minimum Gasteiger partial charge on any atom is -0.346 e. The van der Waals surface area contributed by atoms with E-state index in [4.69, 9.17) is 16.1 Å². The number of amides is 1. The topological polar surface area (TPSA) is 80.1 Å². The van der Waals surface area contributed by atoms with Crippen molar-refractivity contribution in [3.05, 3.63) is 35.2 Å². The van der Waals surface area contributed by atoms with Crippen molar-refractivity contribution < 1.29 is 9.32 Å². The van der Waals surface area contributed by atoms with Gasteiger partial charge in [0.05, 0.1) is 12.6 Å². The first kappa shape index (κ1) is 16.7. The highest BCUT2D eigenvalue weighted by Crippen LogP contribution is 2.19. The molecule has 1 aliphatic rings. The Bertz CT molecular complexity index is 641. The van der Waals surface area contributed by atoms with Crippen LogP contribution in [0.2, 0.25) is 5.02 Å². The van der Waals surface area contributed by atoms with Crippen LogP contribution < -0.4 is 10.6 Å². The maximum Gasteiger partial charge on any atom is 0.246 e. The molecule has 1 saturated heterocycles. The molecule has 0 spiro atoms. The standard InChI is InChI=1S/C14H15ClN4O2.ClH/c15-10-4-1-3-9(7-10)13-18-12(21-19-13)8-17-14(20)11-5-2-6-16-11;/h1,3-4,7,11,16H,2,5-6,8H2,(H,17,20);1H. The maximum atomic E-state index is 11.9. The molecule has 1 unspecified atom stereocenters. The lowest BCUT2D eigenvalue weighted by molar-refractivity contribution is -0.123. The van der Waals surface area contributed by atoms with Crippen LogP contribution in [0.5, 0.6) is 0 Å². The molecule has 1 aliphatic heterocycles. The Kier molecular flexibility index (Phi) is 5.76. The lowest BCUT2D eigenvalue weighted by Gasteiger charge is -2.08. The Labute approximate surface area is 139 Å². The SMILES string of the molecule is Cl.O=C(NCc1nc(-c2cccc(Cl)c2)no1)C1CCCN1. The van der Waals surface area contributed by atoms with Crippen molar-refractivity contribution in [1.82, 2.24) is 20.8 Å². The Morgan fingerprint density at radius 3 is 3.09 bits per heavy atom. The maximum absolute atomic E-state index is 11.9. The van der Waals surface area contributed by atoms with Crippen LogP contribution >= 0.6 is 24.0 Å². The first-order valence-electron chi connectivity index (χ1n) is 6.82. The molecule has 0 aliphatic carbocycles. The van der Waals surface area contributed by atoms with Crippen molar-refractivity contribution in [2.45, 2.75) is 25.4 Å². The van der Waals surface area contributed by atoms with Crippen LogP contribution in [-0.2, 0) is 11.3 Å². The molecule has 2 heterocycles. The molecule has 6 nitrogen and oxygen atoms in total. The molecule has 118 valence electrons. The summed E-state index contributed by atoms with van der Waals surface area (Å²) in [6, 6.07) is 7.10. The lowest BCUT2D eigenvalue weighted by atomic mass is 10.2. The van der Waals surface area contributed by atoms with Gasteiger partial charge in [0.1, 0.15) is 0 Å². The highest BCUT2D eigenvalue weighted by molar-refractivity contribution is 6.30. The van der Waals surface area contributed by atoms with E-state index >= 15 is 0 Å². The van der Waals surface area contributed by atoms with Crippen molar-refractivity contribution in [2.75, 3.05) is 6.54 Å². The molecule has 0 radical (unpaired) electrons. The van der Waals surface area contributed by atoms with Crippen molar-refractivity contribution in [3.63, 3.8) is 0 Å². The summed E-state index contributed by atoms with van der Waals surface area (Å²) < 4.78 is 5.13. The minimum absolute atomic E-state index is 0. The van der Waals surface area contributed by atoms with E-state index in [9.17, 15) is 4.79 Å². The summed E-state index contributed by atoms with van der Waals surface area (Å²) >= 11 is 5.93. The quantitative estimate of drug-likeness (QED) is 0.890. The monoisotopic (exact) mass is 342 g/mol. The van der Waals surface area contributed by atoms with Crippen molar-refractivity contribution in [3.8, 4) is 11.4 Å². The van der Waals surface area contributed by atoms with Gasteiger partial charge in [-0.2, -0.15) is 4.98 Å². The van der Waals surface area contributed by atoms with Gasteiger partial charge in [-0.3, -0.25) is 4.79 Å². The van der Waals surface area contributed by atoms with Gasteiger partial charge in [0.25, 0.3) is 0 Å². The first-order chi connectivity index (χ1) is 10.2. The predicted molar refractivity (Wildman–Crippen MR) is 84.9 cm³/mol. The van der Waals surface area contributed by atoms with Gasteiger partial charge in [-0.1, -0.05) is 28.9 Å². The number of carbonyl (C=O) groups is 1. The summed E-state index contributed by atoms with van der Waals surface area (Å²) in [7, 11) is 0. The summed E-state index contributed by atoms with van der Waals surface area (Å²) in [5.41, 5.74) is 0.779. The Balaban J connectivity index is 0.00000176. The second-order valence-corrected chi connectivity index (χ2v) is 5.33. The number of rotatable bonds is 4.